The molecule has 0 radical (unpaired) electrons. The lowest BCUT2D eigenvalue weighted by Gasteiger charge is -2.16. The van der Waals surface area contributed by atoms with Crippen molar-refractivity contribution in [3.05, 3.63) is 59.2 Å². The molecule has 2 aromatic rings. The first-order valence-electron chi connectivity index (χ1n) is 10.7. The highest BCUT2D eigenvalue weighted by Gasteiger charge is 2.21. The van der Waals surface area contributed by atoms with Gasteiger partial charge in [-0.1, -0.05) is 25.1 Å². The van der Waals surface area contributed by atoms with E-state index in [1.54, 1.807) is 13.1 Å². The minimum atomic E-state index is -0.267. The first kappa shape index (κ1) is 22.4. The van der Waals surface area contributed by atoms with Crippen molar-refractivity contribution in [3.63, 3.8) is 0 Å². The lowest BCUT2D eigenvalue weighted by atomic mass is 10.1. The SMILES string of the molecule is CCOc1cc2c(cc1C=CC(=O)N(C)CC(=O)Nc1ccccc1CC)OC(C)C2. The summed E-state index contributed by atoms with van der Waals surface area (Å²) in [6.45, 7) is 6.48. The summed E-state index contributed by atoms with van der Waals surface area (Å²) in [5, 5.41) is 2.89. The molecule has 6 heteroatoms. The number of likely N-dealkylation sites (N-methyl/N-ethyl adjacent to an activating group) is 1. The molecule has 2 aromatic carbocycles. The van der Waals surface area contributed by atoms with Crippen molar-refractivity contribution in [2.24, 2.45) is 0 Å². The van der Waals surface area contributed by atoms with Crippen LogP contribution in [0.3, 0.4) is 0 Å². The van der Waals surface area contributed by atoms with E-state index in [0.717, 1.165) is 46.7 Å². The van der Waals surface area contributed by atoms with E-state index < -0.39 is 0 Å². The highest BCUT2D eigenvalue weighted by molar-refractivity contribution is 5.98. The normalized spacial score (nSPS) is 14.8. The first-order chi connectivity index (χ1) is 14.9. The number of fused-ring (bicyclic) bond motifs is 1. The van der Waals surface area contributed by atoms with E-state index in [4.69, 9.17) is 9.47 Å². The number of anilines is 1. The van der Waals surface area contributed by atoms with E-state index in [-0.39, 0.29) is 24.5 Å². The fourth-order valence-corrected chi connectivity index (χ4v) is 3.59. The lowest BCUT2D eigenvalue weighted by molar-refractivity contribution is -0.129. The van der Waals surface area contributed by atoms with Crippen LogP contribution in [0.4, 0.5) is 5.69 Å². The number of ether oxygens (including phenoxy) is 2. The Morgan fingerprint density at radius 1 is 1.26 bits per heavy atom. The monoisotopic (exact) mass is 422 g/mol. The molecule has 1 aliphatic heterocycles. The number of hydrogen-bond donors (Lipinski definition) is 1. The molecule has 1 heterocycles. The third-order valence-corrected chi connectivity index (χ3v) is 5.16. The van der Waals surface area contributed by atoms with Gasteiger partial charge >= 0.3 is 0 Å². The average Bonchev–Trinajstić information content (AvgIpc) is 3.11. The Labute approximate surface area is 183 Å². The van der Waals surface area contributed by atoms with E-state index in [1.807, 2.05) is 57.2 Å². The minimum absolute atomic E-state index is 0.0373. The number of benzene rings is 2. The molecule has 0 spiro atoms. The summed E-state index contributed by atoms with van der Waals surface area (Å²) in [6, 6.07) is 11.5. The van der Waals surface area contributed by atoms with Gasteiger partial charge in [0.2, 0.25) is 11.8 Å². The van der Waals surface area contributed by atoms with Crippen LogP contribution in [0.2, 0.25) is 0 Å². The largest absolute Gasteiger partial charge is 0.493 e. The van der Waals surface area contributed by atoms with Gasteiger partial charge in [-0.3, -0.25) is 9.59 Å². The van der Waals surface area contributed by atoms with Gasteiger partial charge in [0.05, 0.1) is 13.2 Å². The molecule has 0 saturated heterocycles. The molecule has 0 aromatic heterocycles. The maximum atomic E-state index is 12.6. The molecule has 0 bridgehead atoms. The zero-order valence-electron chi connectivity index (χ0n) is 18.6. The number of aryl methyl sites for hydroxylation is 1. The van der Waals surface area contributed by atoms with E-state index in [1.165, 1.54) is 11.0 Å². The third kappa shape index (κ3) is 5.66. The number of carbonyl (C=O) groups is 2. The molecule has 1 unspecified atom stereocenters. The van der Waals surface area contributed by atoms with Gasteiger partial charge in [-0.15, -0.1) is 0 Å². The van der Waals surface area contributed by atoms with Gasteiger partial charge in [0.25, 0.3) is 0 Å². The van der Waals surface area contributed by atoms with E-state index in [0.29, 0.717) is 6.61 Å². The van der Waals surface area contributed by atoms with E-state index >= 15 is 0 Å². The Kier molecular flexibility index (Phi) is 7.34. The van der Waals surface area contributed by atoms with Crippen molar-refractivity contribution in [3.8, 4) is 11.5 Å². The predicted octanol–water partition coefficient (Wildman–Crippen LogP) is 4.08. The average molecular weight is 423 g/mol. The van der Waals surface area contributed by atoms with E-state index in [9.17, 15) is 9.59 Å². The van der Waals surface area contributed by atoms with Crippen LogP contribution in [-0.4, -0.2) is 43.0 Å². The zero-order chi connectivity index (χ0) is 22.4. The molecule has 31 heavy (non-hydrogen) atoms. The van der Waals surface area contributed by atoms with Crippen LogP contribution < -0.4 is 14.8 Å². The molecular formula is C25H30N2O4. The third-order valence-electron chi connectivity index (χ3n) is 5.16. The molecule has 0 fully saturated rings. The summed E-state index contributed by atoms with van der Waals surface area (Å²) >= 11 is 0. The van der Waals surface area contributed by atoms with Crippen molar-refractivity contribution in [2.45, 2.75) is 39.7 Å². The number of hydrogen-bond acceptors (Lipinski definition) is 4. The summed E-state index contributed by atoms with van der Waals surface area (Å²) < 4.78 is 11.6. The second-order valence-electron chi connectivity index (χ2n) is 7.65. The highest BCUT2D eigenvalue weighted by Crippen LogP contribution is 2.35. The summed E-state index contributed by atoms with van der Waals surface area (Å²) in [7, 11) is 1.61. The quantitative estimate of drug-likeness (QED) is 0.651. The number of para-hydroxylation sites is 1. The standard InChI is InChI=1S/C25H30N2O4/c1-5-18-9-7-8-10-21(18)26-24(28)16-27(4)25(29)12-11-19-14-23-20(13-17(3)31-23)15-22(19)30-6-2/h7-12,14-15,17H,5-6,13,16H2,1-4H3,(H,26,28). The molecular weight excluding hydrogens is 392 g/mol. The predicted molar refractivity (Wildman–Crippen MR) is 123 cm³/mol. The highest BCUT2D eigenvalue weighted by atomic mass is 16.5. The van der Waals surface area contributed by atoms with Crippen LogP contribution in [0.1, 0.15) is 37.5 Å². The van der Waals surface area contributed by atoms with Gasteiger partial charge < -0.3 is 19.7 Å². The number of nitrogens with zero attached hydrogens (tertiary/aromatic N) is 1. The van der Waals surface area contributed by atoms with Crippen molar-refractivity contribution >= 4 is 23.6 Å². The minimum Gasteiger partial charge on any atom is -0.493 e. The van der Waals surface area contributed by atoms with Gasteiger partial charge in [-0.05, 0) is 50.1 Å². The van der Waals surface area contributed by atoms with Crippen molar-refractivity contribution in [2.75, 3.05) is 25.5 Å². The Morgan fingerprint density at radius 2 is 2.03 bits per heavy atom. The fraction of sp³-hybridized carbons (Fsp3) is 0.360. The van der Waals surface area contributed by atoms with Gasteiger partial charge in [0.1, 0.15) is 17.6 Å². The smallest absolute Gasteiger partial charge is 0.246 e. The number of carbonyl (C=O) groups excluding carboxylic acids is 2. The number of amides is 2. The number of rotatable bonds is 8. The summed E-state index contributed by atoms with van der Waals surface area (Å²) in [6.07, 6.45) is 4.96. The molecule has 0 saturated carbocycles. The Morgan fingerprint density at radius 3 is 2.77 bits per heavy atom. The van der Waals surface area contributed by atoms with Crippen LogP contribution in [0, 0.1) is 0 Å². The zero-order valence-corrected chi connectivity index (χ0v) is 18.6. The molecule has 0 aliphatic carbocycles. The van der Waals surface area contributed by atoms with Gasteiger partial charge in [0.15, 0.2) is 0 Å². The number of nitrogens with one attached hydrogen (secondary N) is 1. The molecule has 6 nitrogen and oxygen atoms in total. The van der Waals surface area contributed by atoms with Crippen LogP contribution in [0.15, 0.2) is 42.5 Å². The van der Waals surface area contributed by atoms with Crippen molar-refractivity contribution in [1.29, 1.82) is 0 Å². The summed E-state index contributed by atoms with van der Waals surface area (Å²) in [4.78, 5) is 26.4. The molecule has 1 aliphatic rings. The van der Waals surface area contributed by atoms with Gasteiger partial charge in [-0.2, -0.15) is 0 Å². The van der Waals surface area contributed by atoms with Crippen LogP contribution in [0.5, 0.6) is 11.5 Å². The molecule has 3 rings (SSSR count). The molecule has 2 amide bonds. The Bertz CT molecular complexity index is 983. The molecule has 1 N–H and O–H groups in total. The van der Waals surface area contributed by atoms with Crippen LogP contribution in [0.25, 0.3) is 6.08 Å². The summed E-state index contributed by atoms with van der Waals surface area (Å²) in [5.74, 6) is 1.04. The Balaban J connectivity index is 1.65. The second kappa shape index (κ2) is 10.2. The van der Waals surface area contributed by atoms with Crippen LogP contribution in [-0.2, 0) is 22.4 Å². The fourth-order valence-electron chi connectivity index (χ4n) is 3.59. The van der Waals surface area contributed by atoms with Gasteiger partial charge in [-0.25, -0.2) is 0 Å². The lowest BCUT2D eigenvalue weighted by Crippen LogP contribution is -2.34. The first-order valence-corrected chi connectivity index (χ1v) is 10.7. The van der Waals surface area contributed by atoms with E-state index in [2.05, 4.69) is 5.32 Å². The maximum absolute atomic E-state index is 12.6. The summed E-state index contributed by atoms with van der Waals surface area (Å²) in [5.41, 5.74) is 3.72. The van der Waals surface area contributed by atoms with Crippen LogP contribution >= 0.6 is 0 Å². The van der Waals surface area contributed by atoms with Crippen molar-refractivity contribution in [1.82, 2.24) is 4.90 Å². The molecule has 1 atom stereocenters. The second-order valence-corrected chi connectivity index (χ2v) is 7.65. The molecule has 164 valence electrons. The topological polar surface area (TPSA) is 67.9 Å². The maximum Gasteiger partial charge on any atom is 0.246 e. The Hall–Kier alpha value is -3.28. The van der Waals surface area contributed by atoms with Crippen molar-refractivity contribution < 1.29 is 19.1 Å². The van der Waals surface area contributed by atoms with Gasteiger partial charge in [0, 0.05) is 36.4 Å².